The van der Waals surface area contributed by atoms with Gasteiger partial charge in [0.2, 0.25) is 5.95 Å². The minimum Gasteiger partial charge on any atom is -0.486 e. The molecule has 0 saturated carbocycles. The van der Waals surface area contributed by atoms with Crippen LogP contribution in [-0.2, 0) is 13.0 Å². The van der Waals surface area contributed by atoms with Crippen molar-refractivity contribution in [3.05, 3.63) is 40.4 Å². The summed E-state index contributed by atoms with van der Waals surface area (Å²) in [7, 11) is 0. The summed E-state index contributed by atoms with van der Waals surface area (Å²) < 4.78 is 18.0. The number of nitrogens with zero attached hydrogens (tertiary/aromatic N) is 2. The van der Waals surface area contributed by atoms with Crippen molar-refractivity contribution in [2.45, 2.75) is 26.4 Å². The van der Waals surface area contributed by atoms with Crippen LogP contribution in [0.15, 0.2) is 23.7 Å². The molecule has 0 atom stereocenters. The molecule has 0 N–H and O–H groups in total. The molecular weight excluding hydrogens is 239 g/mol. The molecule has 0 radical (unpaired) electrons. The normalized spacial score (nSPS) is 10.5. The van der Waals surface area contributed by atoms with Gasteiger partial charge in [0.25, 0.3) is 0 Å². The number of ether oxygens (including phenoxy) is 1. The Labute approximate surface area is 103 Å². The van der Waals surface area contributed by atoms with Crippen LogP contribution in [0.4, 0.5) is 4.39 Å². The van der Waals surface area contributed by atoms with Gasteiger partial charge >= 0.3 is 0 Å². The van der Waals surface area contributed by atoms with Crippen LogP contribution in [0, 0.1) is 5.95 Å². The zero-order valence-corrected chi connectivity index (χ0v) is 10.3. The Balaban J connectivity index is 1.90. The minimum atomic E-state index is -0.503. The molecule has 2 aromatic heterocycles. The van der Waals surface area contributed by atoms with Crippen LogP contribution in [0.3, 0.4) is 0 Å². The summed E-state index contributed by atoms with van der Waals surface area (Å²) in [5, 5.41) is 3.12. The van der Waals surface area contributed by atoms with E-state index in [-0.39, 0.29) is 0 Å². The first-order chi connectivity index (χ1) is 8.28. The number of hydrogen-bond acceptors (Lipinski definition) is 4. The quantitative estimate of drug-likeness (QED) is 0.766. The molecule has 0 saturated heterocycles. The molecule has 2 rings (SSSR count). The molecule has 0 bridgehead atoms. The molecule has 0 unspecified atom stereocenters. The van der Waals surface area contributed by atoms with Crippen molar-refractivity contribution in [2.24, 2.45) is 0 Å². The largest absolute Gasteiger partial charge is 0.486 e. The molecule has 0 aliphatic heterocycles. The van der Waals surface area contributed by atoms with E-state index in [0.717, 1.165) is 23.5 Å². The number of aryl methyl sites for hydroxylation is 1. The Hall–Kier alpha value is -1.49. The molecule has 17 heavy (non-hydrogen) atoms. The van der Waals surface area contributed by atoms with E-state index in [1.165, 1.54) is 12.3 Å². The van der Waals surface area contributed by atoms with Gasteiger partial charge in [-0.1, -0.05) is 6.92 Å². The van der Waals surface area contributed by atoms with Gasteiger partial charge in [-0.05, 0) is 25.0 Å². The average Bonchev–Trinajstić information content (AvgIpc) is 2.77. The van der Waals surface area contributed by atoms with E-state index in [9.17, 15) is 4.39 Å². The van der Waals surface area contributed by atoms with Crippen LogP contribution in [-0.4, -0.2) is 9.97 Å². The Morgan fingerprint density at radius 3 is 3.00 bits per heavy atom. The second-order valence-corrected chi connectivity index (χ2v) is 4.53. The summed E-state index contributed by atoms with van der Waals surface area (Å²) in [4.78, 5) is 7.95. The van der Waals surface area contributed by atoms with E-state index in [0.29, 0.717) is 12.4 Å². The molecule has 0 aliphatic carbocycles. The fourth-order valence-corrected chi connectivity index (χ4v) is 2.23. The summed E-state index contributed by atoms with van der Waals surface area (Å²) in [5.41, 5.74) is 0.905. The van der Waals surface area contributed by atoms with Crippen molar-refractivity contribution in [3.8, 4) is 5.75 Å². The number of pyridine rings is 1. The van der Waals surface area contributed by atoms with Gasteiger partial charge in [-0.2, -0.15) is 4.39 Å². The first kappa shape index (κ1) is 12.0. The van der Waals surface area contributed by atoms with Crippen molar-refractivity contribution in [3.63, 3.8) is 0 Å². The van der Waals surface area contributed by atoms with Gasteiger partial charge in [-0.25, -0.2) is 9.97 Å². The predicted molar refractivity (Wildman–Crippen MR) is 64.6 cm³/mol. The van der Waals surface area contributed by atoms with E-state index < -0.39 is 5.95 Å². The highest BCUT2D eigenvalue weighted by molar-refractivity contribution is 7.09. The number of hydrogen-bond donors (Lipinski definition) is 0. The van der Waals surface area contributed by atoms with E-state index >= 15 is 0 Å². The number of thiazole rings is 1. The Kier molecular flexibility index (Phi) is 4.03. The fourth-order valence-electron chi connectivity index (χ4n) is 1.35. The maximum Gasteiger partial charge on any atom is 0.213 e. The molecular formula is C12H13FN2OS. The average molecular weight is 252 g/mol. The van der Waals surface area contributed by atoms with Crippen LogP contribution in [0.25, 0.3) is 0 Å². The first-order valence-corrected chi connectivity index (χ1v) is 6.33. The molecule has 90 valence electrons. The third-order valence-corrected chi connectivity index (χ3v) is 3.11. The van der Waals surface area contributed by atoms with Crippen LogP contribution < -0.4 is 4.74 Å². The Morgan fingerprint density at radius 2 is 2.29 bits per heavy atom. The topological polar surface area (TPSA) is 35.0 Å². The van der Waals surface area contributed by atoms with Gasteiger partial charge in [0.15, 0.2) is 0 Å². The van der Waals surface area contributed by atoms with Crippen LogP contribution in [0.5, 0.6) is 5.75 Å². The highest BCUT2D eigenvalue weighted by atomic mass is 32.1. The van der Waals surface area contributed by atoms with Crippen molar-refractivity contribution < 1.29 is 9.13 Å². The molecule has 0 fully saturated rings. The van der Waals surface area contributed by atoms with E-state index in [1.807, 2.05) is 5.38 Å². The fraction of sp³-hybridized carbons (Fsp3) is 0.333. The number of halogens is 1. The molecule has 3 nitrogen and oxygen atoms in total. The maximum atomic E-state index is 12.6. The molecule has 0 aromatic carbocycles. The molecule has 2 heterocycles. The summed E-state index contributed by atoms with van der Waals surface area (Å²) in [6.07, 6.45) is 3.47. The van der Waals surface area contributed by atoms with Gasteiger partial charge < -0.3 is 4.74 Å². The van der Waals surface area contributed by atoms with Crippen molar-refractivity contribution in [1.82, 2.24) is 9.97 Å². The van der Waals surface area contributed by atoms with E-state index in [2.05, 4.69) is 16.9 Å². The first-order valence-electron chi connectivity index (χ1n) is 5.45. The SMILES string of the molecule is CCCc1nc(COc2ccc(F)nc2)cs1. The van der Waals surface area contributed by atoms with Crippen LogP contribution in [0.2, 0.25) is 0 Å². The molecule has 0 aliphatic rings. The van der Waals surface area contributed by atoms with Gasteiger partial charge in [0.05, 0.1) is 16.9 Å². The molecule has 2 aromatic rings. The highest BCUT2D eigenvalue weighted by Gasteiger charge is 2.02. The standard InChI is InChI=1S/C12H13FN2OS/c1-2-3-12-15-9(8-17-12)7-16-10-4-5-11(13)14-6-10/h4-6,8H,2-3,7H2,1H3. The highest BCUT2D eigenvalue weighted by Crippen LogP contribution is 2.15. The van der Waals surface area contributed by atoms with E-state index in [1.54, 1.807) is 17.4 Å². The van der Waals surface area contributed by atoms with Crippen molar-refractivity contribution in [2.75, 3.05) is 0 Å². The van der Waals surface area contributed by atoms with Crippen LogP contribution >= 0.6 is 11.3 Å². The van der Waals surface area contributed by atoms with Gasteiger partial charge in [-0.3, -0.25) is 0 Å². The predicted octanol–water partition coefficient (Wildman–Crippen LogP) is 3.21. The molecule has 5 heteroatoms. The van der Waals surface area contributed by atoms with E-state index in [4.69, 9.17) is 4.74 Å². The lowest BCUT2D eigenvalue weighted by atomic mass is 10.3. The van der Waals surface area contributed by atoms with Gasteiger partial charge in [0.1, 0.15) is 12.4 Å². The Bertz CT molecular complexity index is 470. The third kappa shape index (κ3) is 3.49. The lowest BCUT2D eigenvalue weighted by molar-refractivity contribution is 0.299. The summed E-state index contributed by atoms with van der Waals surface area (Å²) in [5.74, 6) is 0.0488. The zero-order valence-electron chi connectivity index (χ0n) is 9.52. The van der Waals surface area contributed by atoms with Gasteiger partial charge in [-0.15, -0.1) is 11.3 Å². The zero-order chi connectivity index (χ0) is 12.1. The maximum absolute atomic E-state index is 12.6. The second-order valence-electron chi connectivity index (χ2n) is 3.59. The lowest BCUT2D eigenvalue weighted by Crippen LogP contribution is -1.97. The lowest BCUT2D eigenvalue weighted by Gasteiger charge is -2.02. The molecule has 0 amide bonds. The third-order valence-electron chi connectivity index (χ3n) is 2.15. The summed E-state index contributed by atoms with van der Waals surface area (Å²) in [6.45, 7) is 2.52. The monoisotopic (exact) mass is 252 g/mol. The smallest absolute Gasteiger partial charge is 0.213 e. The number of aromatic nitrogens is 2. The van der Waals surface area contributed by atoms with Crippen molar-refractivity contribution in [1.29, 1.82) is 0 Å². The number of rotatable bonds is 5. The second kappa shape index (κ2) is 5.72. The summed E-state index contributed by atoms with van der Waals surface area (Å²) >= 11 is 1.64. The molecule has 0 spiro atoms. The Morgan fingerprint density at radius 1 is 1.41 bits per heavy atom. The summed E-state index contributed by atoms with van der Waals surface area (Å²) in [6, 6.07) is 2.83. The van der Waals surface area contributed by atoms with Crippen molar-refractivity contribution >= 4 is 11.3 Å². The minimum absolute atomic E-state index is 0.396. The van der Waals surface area contributed by atoms with Crippen LogP contribution in [0.1, 0.15) is 24.0 Å². The van der Waals surface area contributed by atoms with Gasteiger partial charge in [0, 0.05) is 5.38 Å².